The average molecular weight is 233 g/mol. The first-order valence-electron chi connectivity index (χ1n) is 5.65. The van der Waals surface area contributed by atoms with Crippen molar-refractivity contribution in [2.24, 2.45) is 0 Å². The molecule has 0 saturated heterocycles. The smallest absolute Gasteiger partial charge is 0.122 e. The third-order valence-electron chi connectivity index (χ3n) is 2.55. The first-order chi connectivity index (χ1) is 8.24. The molecule has 1 aromatic rings. The number of nitrogens with one attached hydrogen (secondary N) is 1. The predicted molar refractivity (Wildman–Crippen MR) is 69.4 cm³/mol. The van der Waals surface area contributed by atoms with Crippen molar-refractivity contribution in [1.29, 1.82) is 0 Å². The molecular weight excluding hydrogens is 214 g/mol. The summed E-state index contributed by atoms with van der Waals surface area (Å²) in [6.45, 7) is 2.92. The summed E-state index contributed by atoms with van der Waals surface area (Å²) in [5.41, 5.74) is 1.08. The summed E-state index contributed by atoms with van der Waals surface area (Å²) < 4.78 is 10.5. The normalized spacial score (nSPS) is 11.6. The van der Waals surface area contributed by atoms with E-state index in [1.165, 1.54) is 0 Å². The fourth-order valence-corrected chi connectivity index (χ4v) is 1.70. The largest absolute Gasteiger partial charge is 0.497 e. The van der Waals surface area contributed by atoms with E-state index in [0.29, 0.717) is 6.42 Å². The zero-order valence-corrected chi connectivity index (χ0v) is 10.6. The number of terminal acetylenes is 1. The quantitative estimate of drug-likeness (QED) is 0.765. The van der Waals surface area contributed by atoms with Gasteiger partial charge in [0.05, 0.1) is 14.2 Å². The molecule has 3 nitrogen and oxygen atoms in total. The van der Waals surface area contributed by atoms with Gasteiger partial charge in [0.25, 0.3) is 0 Å². The lowest BCUT2D eigenvalue weighted by Crippen LogP contribution is -2.20. The number of ether oxygens (including phenoxy) is 2. The SMILES string of the molecule is C#CCC(NCC)c1cc(OC)cc(OC)c1. The number of rotatable bonds is 6. The summed E-state index contributed by atoms with van der Waals surface area (Å²) in [7, 11) is 3.28. The molecule has 0 aliphatic carbocycles. The molecular formula is C14H19NO2. The van der Waals surface area contributed by atoms with Crippen molar-refractivity contribution in [3.05, 3.63) is 23.8 Å². The van der Waals surface area contributed by atoms with Crippen LogP contribution in [0.4, 0.5) is 0 Å². The van der Waals surface area contributed by atoms with Crippen molar-refractivity contribution in [3.63, 3.8) is 0 Å². The Morgan fingerprint density at radius 2 is 1.82 bits per heavy atom. The Kier molecular flexibility index (Phi) is 5.38. The van der Waals surface area contributed by atoms with Gasteiger partial charge in [-0.2, -0.15) is 0 Å². The lowest BCUT2D eigenvalue weighted by molar-refractivity contribution is 0.391. The molecule has 1 unspecified atom stereocenters. The van der Waals surface area contributed by atoms with Gasteiger partial charge in [0.15, 0.2) is 0 Å². The van der Waals surface area contributed by atoms with Gasteiger partial charge in [0.2, 0.25) is 0 Å². The van der Waals surface area contributed by atoms with E-state index in [0.717, 1.165) is 23.6 Å². The molecule has 0 radical (unpaired) electrons. The minimum Gasteiger partial charge on any atom is -0.497 e. The van der Waals surface area contributed by atoms with Gasteiger partial charge in [-0.25, -0.2) is 0 Å². The van der Waals surface area contributed by atoms with Gasteiger partial charge >= 0.3 is 0 Å². The number of benzene rings is 1. The van der Waals surface area contributed by atoms with Crippen molar-refractivity contribution in [3.8, 4) is 23.8 Å². The lowest BCUT2D eigenvalue weighted by Gasteiger charge is -2.17. The number of methoxy groups -OCH3 is 2. The van der Waals surface area contributed by atoms with E-state index in [4.69, 9.17) is 15.9 Å². The van der Waals surface area contributed by atoms with Gasteiger partial charge in [-0.05, 0) is 24.2 Å². The molecule has 17 heavy (non-hydrogen) atoms. The van der Waals surface area contributed by atoms with Crippen LogP contribution in [0.3, 0.4) is 0 Å². The molecule has 0 heterocycles. The van der Waals surface area contributed by atoms with Crippen LogP contribution in [0.5, 0.6) is 11.5 Å². The summed E-state index contributed by atoms with van der Waals surface area (Å²) in [6, 6.07) is 5.94. The molecule has 0 fully saturated rings. The minimum absolute atomic E-state index is 0.133. The standard InChI is InChI=1S/C14H19NO2/c1-5-7-14(15-6-2)11-8-12(16-3)10-13(9-11)17-4/h1,8-10,14-15H,6-7H2,2-4H3. The summed E-state index contributed by atoms with van der Waals surface area (Å²) in [6.07, 6.45) is 6.03. The molecule has 0 saturated carbocycles. The highest BCUT2D eigenvalue weighted by molar-refractivity contribution is 5.40. The first kappa shape index (κ1) is 13.4. The molecule has 3 heteroatoms. The summed E-state index contributed by atoms with van der Waals surface area (Å²) in [4.78, 5) is 0. The van der Waals surface area contributed by atoms with Crippen LogP contribution in [0.1, 0.15) is 24.9 Å². The molecule has 1 rings (SSSR count). The molecule has 92 valence electrons. The molecule has 0 amide bonds. The van der Waals surface area contributed by atoms with Crippen molar-refractivity contribution < 1.29 is 9.47 Å². The Labute approximate surface area is 103 Å². The second-order valence-electron chi connectivity index (χ2n) is 3.66. The maximum atomic E-state index is 5.39. The molecule has 1 aromatic carbocycles. The first-order valence-corrected chi connectivity index (χ1v) is 5.65. The maximum Gasteiger partial charge on any atom is 0.122 e. The maximum absolute atomic E-state index is 5.39. The highest BCUT2D eigenvalue weighted by Gasteiger charge is 2.11. The van der Waals surface area contributed by atoms with Crippen molar-refractivity contribution in [1.82, 2.24) is 5.32 Å². The van der Waals surface area contributed by atoms with Crippen LogP contribution >= 0.6 is 0 Å². The summed E-state index contributed by atoms with van der Waals surface area (Å²) >= 11 is 0. The fraction of sp³-hybridized carbons (Fsp3) is 0.429. The van der Waals surface area contributed by atoms with E-state index < -0.39 is 0 Å². The van der Waals surface area contributed by atoms with Crippen molar-refractivity contribution in [2.75, 3.05) is 20.8 Å². The van der Waals surface area contributed by atoms with Crippen molar-refractivity contribution >= 4 is 0 Å². The third-order valence-corrected chi connectivity index (χ3v) is 2.55. The molecule has 1 N–H and O–H groups in total. The molecule has 0 spiro atoms. The minimum atomic E-state index is 0.133. The Morgan fingerprint density at radius 1 is 1.24 bits per heavy atom. The van der Waals surface area contributed by atoms with E-state index in [1.807, 2.05) is 18.2 Å². The molecule has 0 aromatic heterocycles. The highest BCUT2D eigenvalue weighted by Crippen LogP contribution is 2.27. The average Bonchev–Trinajstić information content (AvgIpc) is 2.37. The summed E-state index contributed by atoms with van der Waals surface area (Å²) in [5, 5.41) is 3.35. The summed E-state index contributed by atoms with van der Waals surface area (Å²) in [5.74, 6) is 4.24. The third kappa shape index (κ3) is 3.69. The Bertz CT molecular complexity index is 373. The van der Waals surface area contributed by atoms with Crippen LogP contribution in [0.25, 0.3) is 0 Å². The van der Waals surface area contributed by atoms with E-state index in [1.54, 1.807) is 14.2 Å². The van der Waals surface area contributed by atoms with Crippen LogP contribution in [0.15, 0.2) is 18.2 Å². The van der Waals surface area contributed by atoms with Gasteiger partial charge in [-0.15, -0.1) is 12.3 Å². The fourth-order valence-electron chi connectivity index (χ4n) is 1.70. The monoisotopic (exact) mass is 233 g/mol. The van der Waals surface area contributed by atoms with E-state index >= 15 is 0 Å². The predicted octanol–water partition coefficient (Wildman–Crippen LogP) is 2.38. The van der Waals surface area contributed by atoms with Gasteiger partial charge in [0.1, 0.15) is 11.5 Å². The van der Waals surface area contributed by atoms with Gasteiger partial charge in [-0.1, -0.05) is 6.92 Å². The second kappa shape index (κ2) is 6.82. The lowest BCUT2D eigenvalue weighted by atomic mass is 10.0. The van der Waals surface area contributed by atoms with Crippen LogP contribution < -0.4 is 14.8 Å². The second-order valence-corrected chi connectivity index (χ2v) is 3.66. The highest BCUT2D eigenvalue weighted by atomic mass is 16.5. The molecule has 0 bridgehead atoms. The van der Waals surface area contributed by atoms with E-state index in [-0.39, 0.29) is 6.04 Å². The van der Waals surface area contributed by atoms with E-state index in [2.05, 4.69) is 18.2 Å². The van der Waals surface area contributed by atoms with Crippen molar-refractivity contribution in [2.45, 2.75) is 19.4 Å². The van der Waals surface area contributed by atoms with Crippen LogP contribution in [-0.4, -0.2) is 20.8 Å². The molecule has 0 aliphatic heterocycles. The number of hydrogen-bond donors (Lipinski definition) is 1. The van der Waals surface area contributed by atoms with Crippen LogP contribution in [-0.2, 0) is 0 Å². The van der Waals surface area contributed by atoms with Gasteiger partial charge in [-0.3, -0.25) is 0 Å². The van der Waals surface area contributed by atoms with Crippen LogP contribution in [0, 0.1) is 12.3 Å². The Hall–Kier alpha value is -1.66. The van der Waals surface area contributed by atoms with Gasteiger partial charge in [0, 0.05) is 18.5 Å². The molecule has 1 atom stereocenters. The van der Waals surface area contributed by atoms with E-state index in [9.17, 15) is 0 Å². The van der Waals surface area contributed by atoms with Gasteiger partial charge < -0.3 is 14.8 Å². The Morgan fingerprint density at radius 3 is 2.24 bits per heavy atom. The Balaban J connectivity index is 3.04. The number of hydrogen-bond acceptors (Lipinski definition) is 3. The zero-order chi connectivity index (χ0) is 12.7. The molecule has 0 aliphatic rings. The zero-order valence-electron chi connectivity index (χ0n) is 10.6. The topological polar surface area (TPSA) is 30.5 Å². The van der Waals surface area contributed by atoms with Crippen LogP contribution in [0.2, 0.25) is 0 Å².